The number of H-pyrrole nitrogens is 1. The number of para-hydroxylation sites is 2. The largest absolute Gasteiger partial charge is 0.512 e. The summed E-state index contributed by atoms with van der Waals surface area (Å²) >= 11 is 0. The number of aliphatic hydroxyl groups excluding tert-OH is 1. The number of allylic oxidation sites excluding steroid dienone is 2. The van der Waals surface area contributed by atoms with E-state index in [1.807, 2.05) is 29.9 Å². The highest BCUT2D eigenvalue weighted by Gasteiger charge is 2.11. The highest BCUT2D eigenvalue weighted by atomic mass is 16.3. The average Bonchev–Trinajstić information content (AvgIpc) is 2.51. The van der Waals surface area contributed by atoms with Gasteiger partial charge in [-0.3, -0.25) is 10.5 Å². The van der Waals surface area contributed by atoms with Gasteiger partial charge in [0.15, 0.2) is 0 Å². The van der Waals surface area contributed by atoms with Crippen molar-refractivity contribution in [2.24, 2.45) is 5.41 Å². The van der Waals surface area contributed by atoms with Crippen molar-refractivity contribution in [1.29, 1.82) is 0 Å². The van der Waals surface area contributed by atoms with Gasteiger partial charge in [0.2, 0.25) is 0 Å². The van der Waals surface area contributed by atoms with E-state index < -0.39 is 0 Å². The molecule has 0 aliphatic carbocycles. The number of benzene rings is 1. The Morgan fingerprint density at radius 3 is 2.52 bits per heavy atom. The number of rotatable bonds is 5. The number of aromatic amines is 1. The molecule has 2 rings (SSSR count). The molecule has 3 N–H and O–H groups in total. The molecule has 23 heavy (non-hydrogen) atoms. The molecule has 2 aromatic rings. The van der Waals surface area contributed by atoms with Crippen LogP contribution in [0.2, 0.25) is 0 Å². The van der Waals surface area contributed by atoms with E-state index in [0.717, 1.165) is 23.2 Å². The van der Waals surface area contributed by atoms with Crippen molar-refractivity contribution < 1.29 is 5.11 Å². The van der Waals surface area contributed by atoms with Crippen LogP contribution in [0.4, 0.5) is 0 Å². The Balaban J connectivity index is 0.00000127. The smallest absolute Gasteiger partial charge is 0.106 e. The summed E-state index contributed by atoms with van der Waals surface area (Å²) in [4.78, 5) is 1.88. The van der Waals surface area contributed by atoms with Crippen molar-refractivity contribution in [2.75, 3.05) is 5.43 Å². The summed E-state index contributed by atoms with van der Waals surface area (Å²) in [6.07, 6.45) is 13.3. The van der Waals surface area contributed by atoms with Gasteiger partial charge in [0.25, 0.3) is 0 Å². The Bertz CT molecular complexity index is 693. The number of terminal acetylenes is 1. The van der Waals surface area contributed by atoms with E-state index in [1.54, 1.807) is 6.08 Å². The second-order valence-electron chi connectivity index (χ2n) is 6.53. The van der Waals surface area contributed by atoms with E-state index in [-0.39, 0.29) is 5.41 Å². The molecule has 0 bridgehead atoms. The highest BCUT2D eigenvalue weighted by Crippen LogP contribution is 2.22. The van der Waals surface area contributed by atoms with E-state index in [2.05, 4.69) is 56.3 Å². The van der Waals surface area contributed by atoms with Crippen molar-refractivity contribution in [3.8, 4) is 12.8 Å². The van der Waals surface area contributed by atoms with Crippen LogP contribution in [-0.2, 0) is 0 Å². The highest BCUT2D eigenvalue weighted by molar-refractivity contribution is 5.77. The van der Waals surface area contributed by atoms with Gasteiger partial charge in [0.05, 0.1) is 11.3 Å². The van der Waals surface area contributed by atoms with E-state index in [4.69, 9.17) is 0 Å². The molecule has 0 aliphatic rings. The zero-order valence-corrected chi connectivity index (χ0v) is 14.4. The fourth-order valence-corrected chi connectivity index (χ4v) is 2.01. The van der Waals surface area contributed by atoms with E-state index in [9.17, 15) is 5.11 Å². The number of nitrogens with zero attached hydrogens (tertiary/aromatic N) is 1. The quantitative estimate of drug-likeness (QED) is 0.541. The summed E-state index contributed by atoms with van der Waals surface area (Å²) in [5.74, 6) is 0.372. The van der Waals surface area contributed by atoms with Crippen LogP contribution in [0.5, 0.6) is 0 Å². The Hall–Kier alpha value is -2.54. The lowest BCUT2D eigenvalue weighted by atomic mass is 9.91. The van der Waals surface area contributed by atoms with Crippen molar-refractivity contribution >= 4 is 11.0 Å². The summed E-state index contributed by atoms with van der Waals surface area (Å²) in [7, 11) is 0. The molecular formula is C19H27N3O. The van der Waals surface area contributed by atoms with Gasteiger partial charge in [-0.25, -0.2) is 0 Å². The lowest BCUT2D eigenvalue weighted by Gasteiger charge is -2.22. The molecule has 0 saturated heterocycles. The summed E-state index contributed by atoms with van der Waals surface area (Å²) in [6, 6.07) is 8.10. The fraction of sp³-hybridized carbons (Fsp3) is 0.368. The topological polar surface area (TPSA) is 53.0 Å². The maximum absolute atomic E-state index is 9.80. The van der Waals surface area contributed by atoms with Crippen molar-refractivity contribution in [3.63, 3.8) is 0 Å². The minimum atomic E-state index is 0.221. The van der Waals surface area contributed by atoms with Gasteiger partial charge in [0.1, 0.15) is 5.52 Å². The third-order valence-electron chi connectivity index (χ3n) is 3.30. The monoisotopic (exact) mass is 313 g/mol. The molecule has 4 nitrogen and oxygen atoms in total. The van der Waals surface area contributed by atoms with Gasteiger partial charge in [-0.05, 0) is 37.0 Å². The van der Waals surface area contributed by atoms with E-state index in [1.165, 1.54) is 0 Å². The fourth-order valence-electron chi connectivity index (χ4n) is 2.01. The first-order valence-corrected chi connectivity index (χ1v) is 7.68. The molecule has 0 aliphatic heterocycles. The Morgan fingerprint density at radius 2 is 1.96 bits per heavy atom. The van der Waals surface area contributed by atoms with Crippen LogP contribution in [0.15, 0.2) is 47.9 Å². The molecule has 124 valence electrons. The van der Waals surface area contributed by atoms with E-state index in [0.29, 0.717) is 12.2 Å². The summed E-state index contributed by atoms with van der Waals surface area (Å²) < 4.78 is 0. The molecule has 0 unspecified atom stereocenters. The number of hydrogen-bond acceptors (Lipinski definition) is 2. The van der Waals surface area contributed by atoms with Gasteiger partial charge in [-0.1, -0.05) is 39.0 Å². The average molecular weight is 313 g/mol. The number of fused-ring (bicyclic) bond motifs is 1. The van der Waals surface area contributed by atoms with Crippen LogP contribution in [0, 0.1) is 18.3 Å². The Labute approximate surface area is 138 Å². The van der Waals surface area contributed by atoms with Crippen LogP contribution >= 0.6 is 0 Å². The maximum Gasteiger partial charge on any atom is 0.106 e. The maximum atomic E-state index is 9.80. The molecule has 0 radical (unpaired) electrons. The van der Waals surface area contributed by atoms with Gasteiger partial charge < -0.3 is 5.11 Å². The van der Waals surface area contributed by atoms with Gasteiger partial charge >= 0.3 is 0 Å². The van der Waals surface area contributed by atoms with Gasteiger partial charge in [0, 0.05) is 12.1 Å². The Morgan fingerprint density at radius 1 is 1.30 bits per heavy atom. The van der Waals surface area contributed by atoms with Crippen molar-refractivity contribution in [2.45, 2.75) is 40.5 Å². The predicted octanol–water partition coefficient (Wildman–Crippen LogP) is 4.93. The zero-order chi connectivity index (χ0) is 17.5. The third kappa shape index (κ3) is 5.63. The third-order valence-corrected chi connectivity index (χ3v) is 3.30. The molecule has 1 aromatic heterocycles. The lowest BCUT2D eigenvalue weighted by Crippen LogP contribution is -2.22. The van der Waals surface area contributed by atoms with Crippen molar-refractivity contribution in [1.82, 2.24) is 9.89 Å². The normalized spacial score (nSPS) is 12.8. The number of nitrogens with one attached hydrogen (secondary N) is 2. The lowest BCUT2D eigenvalue weighted by molar-refractivity contribution is 0.393. The predicted molar refractivity (Wildman–Crippen MR) is 98.7 cm³/mol. The first-order chi connectivity index (χ1) is 10.9. The van der Waals surface area contributed by atoms with Crippen LogP contribution in [0.1, 0.15) is 40.5 Å². The molecule has 0 fully saturated rings. The van der Waals surface area contributed by atoms with Crippen LogP contribution in [0.3, 0.4) is 0 Å². The van der Waals surface area contributed by atoms with Crippen LogP contribution < -0.4 is 5.43 Å². The number of aliphatic hydroxyl groups is 1. The molecule has 0 atom stereocenters. The van der Waals surface area contributed by atoms with Gasteiger partial charge in [-0.15, -0.1) is 12.8 Å². The van der Waals surface area contributed by atoms with Crippen LogP contribution in [-0.4, -0.2) is 15.0 Å². The summed E-state index contributed by atoms with van der Waals surface area (Å²) in [6.45, 7) is 8.45. The molecular weight excluding hydrogens is 286 g/mol. The molecule has 0 spiro atoms. The molecule has 1 heterocycles. The first-order valence-electron chi connectivity index (χ1n) is 7.68. The minimum absolute atomic E-state index is 0.221. The summed E-state index contributed by atoms with van der Waals surface area (Å²) in [5.41, 5.74) is 6.76. The Kier molecular flexibility index (Phi) is 6.59. The van der Waals surface area contributed by atoms with Crippen molar-refractivity contribution in [3.05, 3.63) is 47.9 Å². The minimum Gasteiger partial charge on any atom is -0.512 e. The first kappa shape index (κ1) is 18.5. The number of hydrogen-bond donors (Lipinski definition) is 3. The van der Waals surface area contributed by atoms with Gasteiger partial charge in [-0.2, -0.15) is 4.79 Å². The standard InChI is InChI=1S/C17H25N3O.C2H2/c1-5-14(21)12-13(10-11-17(2,3)4)18-20-16-9-7-6-8-15(16)19-20;1-2/h5-10,18-19,21H,11-12H2,1-4H3;1-2H/b13-10+,14-5+;. The SMILES string of the molecule is C#C.C/C=C(/O)C/C(=C\CC(C)(C)C)Nn1[nH]c2ccccc21. The molecule has 4 heteroatoms. The second kappa shape index (κ2) is 8.19. The number of aromatic nitrogens is 2. The molecule has 1 aromatic carbocycles. The summed E-state index contributed by atoms with van der Waals surface area (Å²) in [5, 5.41) is 13.0. The molecule has 0 amide bonds. The van der Waals surface area contributed by atoms with Crippen LogP contribution in [0.25, 0.3) is 11.0 Å². The zero-order valence-electron chi connectivity index (χ0n) is 14.4. The second-order valence-corrected chi connectivity index (χ2v) is 6.53. The molecule has 0 saturated carbocycles. The van der Waals surface area contributed by atoms with E-state index >= 15 is 0 Å².